The minimum absolute atomic E-state index is 0.0328. The number of nitrogens with two attached hydrogens (primary N) is 1. The van der Waals surface area contributed by atoms with E-state index in [9.17, 15) is 18.7 Å². The summed E-state index contributed by atoms with van der Waals surface area (Å²) in [5, 5.41) is 10.8. The monoisotopic (exact) mass is 431 g/mol. The zero-order valence-electron chi connectivity index (χ0n) is 17.4. The highest BCUT2D eigenvalue weighted by Crippen LogP contribution is 2.38. The van der Waals surface area contributed by atoms with E-state index in [0.717, 1.165) is 16.0 Å². The highest BCUT2D eigenvalue weighted by Gasteiger charge is 2.31. The van der Waals surface area contributed by atoms with Gasteiger partial charge in [0, 0.05) is 12.0 Å². The number of aromatic nitrogens is 1. The standard InChI is InChI=1S/C22H23F2N3O2S/c1-9-6-7-15(28)12(4)17(9)10(2)11(3)18(21(25)29)14-8-16-22(26-13(5)30-16)27-19(14)20(23)24/h6-7,20,28H,8H2,1-5H3,(H2,25,29)/b11-10+,18-14-. The lowest BCUT2D eigenvalue weighted by atomic mass is 9.86. The molecule has 0 radical (unpaired) electrons. The van der Waals surface area contributed by atoms with E-state index in [2.05, 4.69) is 9.98 Å². The zero-order valence-corrected chi connectivity index (χ0v) is 18.2. The average Bonchev–Trinajstić information content (AvgIpc) is 3.03. The molecule has 1 aliphatic heterocycles. The molecule has 3 N–H and O–H groups in total. The summed E-state index contributed by atoms with van der Waals surface area (Å²) in [5.41, 5.74) is 8.83. The quantitative estimate of drug-likeness (QED) is 0.672. The lowest BCUT2D eigenvalue weighted by molar-refractivity contribution is -0.114. The van der Waals surface area contributed by atoms with Gasteiger partial charge in [0.2, 0.25) is 5.91 Å². The maximum atomic E-state index is 13.9. The van der Waals surface area contributed by atoms with Gasteiger partial charge in [-0.25, -0.2) is 18.8 Å². The first kappa shape index (κ1) is 21.8. The predicted molar refractivity (Wildman–Crippen MR) is 116 cm³/mol. The maximum Gasteiger partial charge on any atom is 0.280 e. The van der Waals surface area contributed by atoms with Gasteiger partial charge >= 0.3 is 0 Å². The topological polar surface area (TPSA) is 88.6 Å². The molecule has 30 heavy (non-hydrogen) atoms. The summed E-state index contributed by atoms with van der Waals surface area (Å²) in [6.07, 6.45) is -2.76. The van der Waals surface area contributed by atoms with Crippen molar-refractivity contribution in [2.24, 2.45) is 10.7 Å². The largest absolute Gasteiger partial charge is 0.508 e. The molecule has 5 nitrogen and oxygen atoms in total. The summed E-state index contributed by atoms with van der Waals surface area (Å²) >= 11 is 1.36. The van der Waals surface area contributed by atoms with Crippen LogP contribution >= 0.6 is 11.3 Å². The van der Waals surface area contributed by atoms with Crippen LogP contribution in [0.2, 0.25) is 0 Å². The number of aryl methyl sites for hydroxylation is 2. The third-order valence-electron chi connectivity index (χ3n) is 5.37. The van der Waals surface area contributed by atoms with Crippen molar-refractivity contribution in [2.45, 2.75) is 47.5 Å². The van der Waals surface area contributed by atoms with Gasteiger partial charge in [0.1, 0.15) is 11.5 Å². The number of thiazole rings is 1. The Bertz CT molecular complexity index is 1140. The maximum absolute atomic E-state index is 13.9. The first-order valence-corrected chi connectivity index (χ1v) is 10.2. The summed E-state index contributed by atoms with van der Waals surface area (Å²) in [5.74, 6) is -0.401. The molecule has 2 heterocycles. The molecule has 1 aliphatic rings. The molecule has 1 amide bonds. The molecule has 8 heteroatoms. The van der Waals surface area contributed by atoms with E-state index in [-0.39, 0.29) is 29.1 Å². The van der Waals surface area contributed by atoms with Gasteiger partial charge in [-0.05, 0) is 74.1 Å². The van der Waals surface area contributed by atoms with Crippen LogP contribution in [0.4, 0.5) is 14.6 Å². The number of alkyl halides is 2. The number of allylic oxidation sites excluding steroid dienone is 2. The molecule has 0 unspecified atom stereocenters. The lowest BCUT2D eigenvalue weighted by Crippen LogP contribution is -2.26. The third kappa shape index (κ3) is 3.79. The number of amides is 1. The smallest absolute Gasteiger partial charge is 0.280 e. The first-order valence-electron chi connectivity index (χ1n) is 9.36. The number of primary amides is 1. The fourth-order valence-corrected chi connectivity index (χ4v) is 4.73. The Morgan fingerprint density at radius 3 is 2.50 bits per heavy atom. The fraction of sp³-hybridized carbons (Fsp3) is 0.318. The SMILES string of the molecule is CC(/C(C(N)=O)=C1\Cc2sc(C)nc2N=C1C(F)F)=C(/C)c1c(C)ccc(O)c1C. The van der Waals surface area contributed by atoms with Gasteiger partial charge in [0.15, 0.2) is 5.82 Å². The zero-order chi connectivity index (χ0) is 22.3. The van der Waals surface area contributed by atoms with Crippen LogP contribution in [-0.4, -0.2) is 28.1 Å². The number of aromatic hydroxyl groups is 1. The molecule has 0 atom stereocenters. The molecule has 3 rings (SSSR count). The van der Waals surface area contributed by atoms with Gasteiger partial charge < -0.3 is 10.8 Å². The molecule has 0 spiro atoms. The Balaban J connectivity index is 2.30. The van der Waals surface area contributed by atoms with Crippen LogP contribution in [0.1, 0.15) is 40.4 Å². The van der Waals surface area contributed by atoms with Crippen LogP contribution < -0.4 is 5.73 Å². The first-order chi connectivity index (χ1) is 14.0. The van der Waals surface area contributed by atoms with Crippen LogP contribution in [0.15, 0.2) is 33.8 Å². The van der Waals surface area contributed by atoms with E-state index in [1.807, 2.05) is 6.92 Å². The molecule has 0 aliphatic carbocycles. The van der Waals surface area contributed by atoms with Crippen molar-refractivity contribution in [3.05, 3.63) is 55.4 Å². The van der Waals surface area contributed by atoms with Gasteiger partial charge in [-0.1, -0.05) is 6.07 Å². The van der Waals surface area contributed by atoms with Crippen LogP contribution in [0, 0.1) is 20.8 Å². The molecule has 158 valence electrons. The normalized spacial score (nSPS) is 16.2. The summed E-state index contributed by atoms with van der Waals surface area (Å²) in [7, 11) is 0. The molecule has 0 bridgehead atoms. The molecule has 2 aromatic rings. The number of hydrogen-bond acceptors (Lipinski definition) is 5. The summed E-state index contributed by atoms with van der Waals surface area (Å²) in [6.45, 7) is 8.90. The third-order valence-corrected chi connectivity index (χ3v) is 6.33. The number of aliphatic imine (C=N–C) groups is 1. The van der Waals surface area contributed by atoms with E-state index in [0.29, 0.717) is 21.7 Å². The highest BCUT2D eigenvalue weighted by molar-refractivity contribution is 7.12. The Kier molecular flexibility index (Phi) is 5.90. The van der Waals surface area contributed by atoms with E-state index in [1.165, 1.54) is 11.3 Å². The second-order valence-electron chi connectivity index (χ2n) is 7.32. The Morgan fingerprint density at radius 2 is 1.90 bits per heavy atom. The number of hydrogen-bond donors (Lipinski definition) is 2. The minimum atomic E-state index is -2.87. The number of benzene rings is 1. The highest BCUT2D eigenvalue weighted by atomic mass is 32.1. The van der Waals surface area contributed by atoms with Crippen molar-refractivity contribution in [1.29, 1.82) is 0 Å². The van der Waals surface area contributed by atoms with E-state index in [1.54, 1.807) is 39.8 Å². The molecule has 0 fully saturated rings. The van der Waals surface area contributed by atoms with E-state index >= 15 is 0 Å². The Morgan fingerprint density at radius 1 is 1.23 bits per heavy atom. The Hall–Kier alpha value is -2.87. The van der Waals surface area contributed by atoms with Crippen LogP contribution in [-0.2, 0) is 11.2 Å². The van der Waals surface area contributed by atoms with E-state index in [4.69, 9.17) is 5.73 Å². The van der Waals surface area contributed by atoms with E-state index < -0.39 is 18.0 Å². The molecule has 0 saturated heterocycles. The summed E-state index contributed by atoms with van der Waals surface area (Å²) < 4.78 is 27.7. The van der Waals surface area contributed by atoms with Crippen LogP contribution in [0.3, 0.4) is 0 Å². The Labute approximate surface area is 177 Å². The molecule has 0 saturated carbocycles. The van der Waals surface area contributed by atoms with Crippen LogP contribution in [0.5, 0.6) is 5.75 Å². The van der Waals surface area contributed by atoms with Gasteiger partial charge in [-0.2, -0.15) is 0 Å². The summed E-state index contributed by atoms with van der Waals surface area (Å²) in [6, 6.07) is 3.37. The van der Waals surface area contributed by atoms with Gasteiger partial charge in [0.05, 0.1) is 9.88 Å². The molecule has 1 aromatic heterocycles. The summed E-state index contributed by atoms with van der Waals surface area (Å²) in [4.78, 5) is 21.4. The van der Waals surface area contributed by atoms with Crippen molar-refractivity contribution >= 4 is 34.3 Å². The van der Waals surface area contributed by atoms with Crippen molar-refractivity contribution in [2.75, 3.05) is 0 Å². The minimum Gasteiger partial charge on any atom is -0.508 e. The van der Waals surface area contributed by atoms with Gasteiger partial charge in [0.25, 0.3) is 6.43 Å². The number of carbonyl (C=O) groups is 1. The average molecular weight is 432 g/mol. The van der Waals surface area contributed by atoms with Crippen molar-refractivity contribution < 1.29 is 18.7 Å². The van der Waals surface area contributed by atoms with Crippen molar-refractivity contribution in [1.82, 2.24) is 4.98 Å². The van der Waals surface area contributed by atoms with Crippen LogP contribution in [0.25, 0.3) is 5.57 Å². The van der Waals surface area contributed by atoms with Gasteiger partial charge in [-0.15, -0.1) is 11.3 Å². The second kappa shape index (κ2) is 8.10. The van der Waals surface area contributed by atoms with Crippen molar-refractivity contribution in [3.63, 3.8) is 0 Å². The molecular weight excluding hydrogens is 408 g/mol. The van der Waals surface area contributed by atoms with Gasteiger partial charge in [-0.3, -0.25) is 4.79 Å². The fourth-order valence-electron chi connectivity index (χ4n) is 3.84. The predicted octanol–water partition coefficient (Wildman–Crippen LogP) is 4.94. The molecule has 1 aromatic carbocycles. The number of phenolic OH excluding ortho intramolecular Hbond substituents is 1. The number of nitrogens with zero attached hydrogens (tertiary/aromatic N) is 2. The van der Waals surface area contributed by atoms with Crippen molar-refractivity contribution in [3.8, 4) is 5.75 Å². The number of halogens is 2. The second-order valence-corrected chi connectivity index (χ2v) is 8.61. The number of carbonyl (C=O) groups excluding carboxylic acids is 1. The number of phenols is 1. The molecular formula is C22H23F2N3O2S. The number of rotatable bonds is 4. The number of fused-ring (bicyclic) bond motifs is 1. The lowest BCUT2D eigenvalue weighted by Gasteiger charge is -2.21.